The van der Waals surface area contributed by atoms with Crippen molar-refractivity contribution < 1.29 is 4.79 Å². The van der Waals surface area contributed by atoms with E-state index in [2.05, 4.69) is 58.9 Å². The summed E-state index contributed by atoms with van der Waals surface area (Å²) in [7, 11) is 0. The molecule has 0 aliphatic heterocycles. The van der Waals surface area contributed by atoms with Gasteiger partial charge < -0.3 is 0 Å². The molecule has 2 unspecified atom stereocenters. The van der Waals surface area contributed by atoms with Gasteiger partial charge >= 0.3 is 0 Å². The number of hydrogen-bond donors (Lipinski definition) is 0. The van der Waals surface area contributed by atoms with Gasteiger partial charge in [0.05, 0.1) is 0 Å². The summed E-state index contributed by atoms with van der Waals surface area (Å²) in [6.45, 7) is 11.2. The highest BCUT2D eigenvalue weighted by atomic mass is 16.1. The molecule has 0 radical (unpaired) electrons. The number of carbonyl (C=O) groups excluding carboxylic acids is 1. The van der Waals surface area contributed by atoms with Crippen molar-refractivity contribution in [3.63, 3.8) is 0 Å². The Morgan fingerprint density at radius 3 is 1.77 bits per heavy atom. The minimum absolute atomic E-state index is 0.0749. The summed E-state index contributed by atoms with van der Waals surface area (Å²) in [6.07, 6.45) is 28.7. The molecule has 0 spiro atoms. The fourth-order valence-electron chi connectivity index (χ4n) is 7.47. The van der Waals surface area contributed by atoms with Gasteiger partial charge in [0.2, 0.25) is 0 Å². The summed E-state index contributed by atoms with van der Waals surface area (Å²) >= 11 is 0. The predicted molar refractivity (Wildman–Crippen MR) is 152 cm³/mol. The van der Waals surface area contributed by atoms with Crippen molar-refractivity contribution in [2.24, 2.45) is 23.2 Å². The van der Waals surface area contributed by atoms with Crippen LogP contribution in [-0.4, -0.2) is 5.78 Å². The van der Waals surface area contributed by atoms with E-state index in [1.165, 1.54) is 80.9 Å². The van der Waals surface area contributed by atoms with Gasteiger partial charge in [0.15, 0.2) is 0 Å². The van der Waals surface area contributed by atoms with E-state index in [4.69, 9.17) is 0 Å². The first-order valence-corrected chi connectivity index (χ1v) is 15.0. The van der Waals surface area contributed by atoms with Crippen molar-refractivity contribution in [1.29, 1.82) is 0 Å². The zero-order chi connectivity index (χ0) is 25.3. The summed E-state index contributed by atoms with van der Waals surface area (Å²) in [6, 6.07) is 0. The van der Waals surface area contributed by atoms with E-state index in [1.54, 1.807) is 5.57 Å². The third-order valence-electron chi connectivity index (χ3n) is 9.29. The zero-order valence-corrected chi connectivity index (χ0v) is 23.8. The Morgan fingerprint density at radius 1 is 0.686 bits per heavy atom. The van der Waals surface area contributed by atoms with Crippen LogP contribution in [-0.2, 0) is 4.79 Å². The van der Waals surface area contributed by atoms with Crippen LogP contribution in [0.2, 0.25) is 0 Å². The topological polar surface area (TPSA) is 17.1 Å². The number of carbonyl (C=O) groups is 1. The minimum atomic E-state index is 0.0749. The molecule has 0 heterocycles. The monoisotopic (exact) mass is 478 g/mol. The SMILES string of the molecule is CC/C(=C\CCC(=O)C12CC3CCC(CC(C3)C1)C2)CC/C=C(\C)CC/C=C(\C)CCC=C(C)C. The minimum Gasteiger partial charge on any atom is -0.299 e. The van der Waals surface area contributed by atoms with E-state index in [9.17, 15) is 4.79 Å². The summed E-state index contributed by atoms with van der Waals surface area (Å²) in [5.74, 6) is 3.18. The highest BCUT2D eigenvalue weighted by Crippen LogP contribution is 2.58. The second-order valence-electron chi connectivity index (χ2n) is 12.7. The lowest BCUT2D eigenvalue weighted by Gasteiger charge is -2.47. The van der Waals surface area contributed by atoms with Gasteiger partial charge in [-0.1, -0.05) is 66.4 Å². The largest absolute Gasteiger partial charge is 0.299 e. The van der Waals surface area contributed by atoms with Crippen molar-refractivity contribution in [2.75, 3.05) is 0 Å². The highest BCUT2D eigenvalue weighted by Gasteiger charge is 2.51. The first kappa shape index (κ1) is 28.2. The van der Waals surface area contributed by atoms with Gasteiger partial charge in [-0.3, -0.25) is 4.79 Å². The maximum absolute atomic E-state index is 13.4. The van der Waals surface area contributed by atoms with Gasteiger partial charge in [-0.15, -0.1) is 0 Å². The van der Waals surface area contributed by atoms with Crippen LogP contribution in [0.3, 0.4) is 0 Å². The van der Waals surface area contributed by atoms with Crippen LogP contribution in [0.1, 0.15) is 137 Å². The Morgan fingerprint density at radius 2 is 1.20 bits per heavy atom. The first-order valence-electron chi connectivity index (χ1n) is 15.0. The molecule has 0 aromatic heterocycles. The lowest BCUT2D eigenvalue weighted by atomic mass is 9.56. The molecule has 4 aliphatic carbocycles. The van der Waals surface area contributed by atoms with E-state index in [0.29, 0.717) is 5.78 Å². The number of allylic oxidation sites excluding steroid dienone is 8. The van der Waals surface area contributed by atoms with Crippen molar-refractivity contribution in [2.45, 2.75) is 137 Å². The molecule has 4 fully saturated rings. The molecule has 1 heteroatoms. The molecule has 0 N–H and O–H groups in total. The van der Waals surface area contributed by atoms with Crippen LogP contribution in [0.25, 0.3) is 0 Å². The fraction of sp³-hybridized carbons (Fsp3) is 0.735. The maximum atomic E-state index is 13.4. The molecule has 35 heavy (non-hydrogen) atoms. The average Bonchev–Trinajstić information content (AvgIpc) is 3.02. The maximum Gasteiger partial charge on any atom is 0.139 e. The quantitative estimate of drug-likeness (QED) is 0.227. The van der Waals surface area contributed by atoms with E-state index < -0.39 is 0 Å². The summed E-state index contributed by atoms with van der Waals surface area (Å²) in [4.78, 5) is 13.4. The molecular formula is C34H54O. The lowest BCUT2D eigenvalue weighted by molar-refractivity contribution is -0.136. The van der Waals surface area contributed by atoms with Gasteiger partial charge in [0, 0.05) is 11.8 Å². The molecule has 196 valence electrons. The summed E-state index contributed by atoms with van der Waals surface area (Å²) in [5.41, 5.74) is 6.07. The molecule has 4 bridgehead atoms. The van der Waals surface area contributed by atoms with E-state index in [-0.39, 0.29) is 5.41 Å². The molecule has 0 saturated heterocycles. The normalized spacial score (nSPS) is 28.8. The number of rotatable bonds is 14. The van der Waals surface area contributed by atoms with Crippen molar-refractivity contribution in [1.82, 2.24) is 0 Å². The Bertz CT molecular complexity index is 800. The van der Waals surface area contributed by atoms with Crippen LogP contribution < -0.4 is 0 Å². The Kier molecular flexibility index (Phi) is 11.1. The van der Waals surface area contributed by atoms with Crippen LogP contribution in [0.5, 0.6) is 0 Å². The number of Topliss-reactive ketones (excluding diaryl/α,β-unsaturated/α-hetero) is 1. The average molecular weight is 479 g/mol. The van der Waals surface area contributed by atoms with Crippen LogP contribution in [0.4, 0.5) is 0 Å². The number of hydrogen-bond acceptors (Lipinski definition) is 1. The Balaban J connectivity index is 1.38. The standard InChI is InChI=1S/C34H54O/c1-6-29(16-9-15-28(5)14-8-13-27(4)12-7-11-26(2)3)17-10-18-33(35)34-23-30-19-20-31(24-34)22-32(21-30)25-34/h11,13,15,17,30-32H,6-10,12,14,16,18-25H2,1-5H3/b27-13+,28-15+,29-17+. The van der Waals surface area contributed by atoms with Gasteiger partial charge in [0.1, 0.15) is 5.78 Å². The highest BCUT2D eigenvalue weighted by molar-refractivity contribution is 5.85. The Labute approximate surface area is 217 Å². The number of ketones is 1. The Hall–Kier alpha value is -1.37. The molecule has 0 aromatic carbocycles. The van der Waals surface area contributed by atoms with Crippen molar-refractivity contribution in [3.8, 4) is 0 Å². The van der Waals surface area contributed by atoms with Gasteiger partial charge in [-0.25, -0.2) is 0 Å². The van der Waals surface area contributed by atoms with Gasteiger partial charge in [-0.2, -0.15) is 0 Å². The third-order valence-corrected chi connectivity index (χ3v) is 9.29. The molecule has 1 nitrogen and oxygen atoms in total. The number of fused-ring (bicyclic) bond motifs is 1. The summed E-state index contributed by atoms with van der Waals surface area (Å²) in [5, 5.41) is 0. The molecule has 4 aliphatic rings. The van der Waals surface area contributed by atoms with Crippen LogP contribution >= 0.6 is 0 Å². The lowest BCUT2D eigenvalue weighted by Crippen LogP contribution is -2.43. The second kappa shape index (κ2) is 13.8. The van der Waals surface area contributed by atoms with Gasteiger partial charge in [-0.05, 0) is 129 Å². The van der Waals surface area contributed by atoms with E-state index in [0.717, 1.165) is 56.3 Å². The smallest absolute Gasteiger partial charge is 0.139 e. The molecule has 4 rings (SSSR count). The molecule has 0 aromatic rings. The third kappa shape index (κ3) is 8.91. The second-order valence-corrected chi connectivity index (χ2v) is 12.7. The van der Waals surface area contributed by atoms with Crippen molar-refractivity contribution in [3.05, 3.63) is 46.6 Å². The van der Waals surface area contributed by atoms with Crippen molar-refractivity contribution >= 4 is 5.78 Å². The van der Waals surface area contributed by atoms with Gasteiger partial charge in [0.25, 0.3) is 0 Å². The predicted octanol–water partition coefficient (Wildman–Crippen LogP) is 10.5. The fourth-order valence-corrected chi connectivity index (χ4v) is 7.47. The molecule has 0 amide bonds. The van der Waals surface area contributed by atoms with E-state index in [1.807, 2.05) is 0 Å². The zero-order valence-electron chi connectivity index (χ0n) is 23.8. The van der Waals surface area contributed by atoms with E-state index >= 15 is 0 Å². The molecular weight excluding hydrogens is 424 g/mol. The first-order chi connectivity index (χ1) is 16.8. The molecule has 2 atom stereocenters. The van der Waals surface area contributed by atoms with Crippen LogP contribution in [0, 0.1) is 23.2 Å². The summed E-state index contributed by atoms with van der Waals surface area (Å²) < 4.78 is 0. The molecule has 4 saturated carbocycles. The van der Waals surface area contributed by atoms with Crippen LogP contribution in [0.15, 0.2) is 46.6 Å².